The second-order valence-electron chi connectivity index (χ2n) is 2.96. The fourth-order valence-electron chi connectivity index (χ4n) is 1.05. The molecule has 1 amide bonds. The number of amides is 1. The second kappa shape index (κ2) is 5.82. The van der Waals surface area contributed by atoms with Crippen LogP contribution in [0.5, 0.6) is 0 Å². The highest BCUT2D eigenvalue weighted by molar-refractivity contribution is 9.10. The van der Waals surface area contributed by atoms with E-state index >= 15 is 0 Å². The van der Waals surface area contributed by atoms with Crippen LogP contribution in [0.25, 0.3) is 0 Å². The van der Waals surface area contributed by atoms with E-state index in [1.807, 2.05) is 0 Å². The van der Waals surface area contributed by atoms with Crippen molar-refractivity contribution in [2.45, 2.75) is 6.42 Å². The number of benzene rings is 1. The summed E-state index contributed by atoms with van der Waals surface area (Å²) in [6.45, 7) is 0.392. The zero-order chi connectivity index (χ0) is 11.3. The first-order valence-electron chi connectivity index (χ1n) is 4.49. The van der Waals surface area contributed by atoms with Crippen molar-refractivity contribution in [2.24, 2.45) is 0 Å². The van der Waals surface area contributed by atoms with Crippen LogP contribution in [0, 0.1) is 5.82 Å². The molecule has 1 aromatic rings. The fourth-order valence-corrected chi connectivity index (χ4v) is 1.47. The van der Waals surface area contributed by atoms with Crippen molar-refractivity contribution in [1.29, 1.82) is 0 Å². The van der Waals surface area contributed by atoms with Crippen molar-refractivity contribution < 1.29 is 14.3 Å². The molecule has 1 aromatic carbocycles. The topological polar surface area (TPSA) is 49.3 Å². The Bertz CT molecular complexity index is 357. The highest BCUT2D eigenvalue weighted by Crippen LogP contribution is 2.17. The van der Waals surface area contributed by atoms with Crippen LogP contribution in [-0.4, -0.2) is 24.2 Å². The Hall–Kier alpha value is -0.940. The molecule has 3 nitrogen and oxygen atoms in total. The van der Waals surface area contributed by atoms with E-state index in [2.05, 4.69) is 21.2 Å². The first-order chi connectivity index (χ1) is 7.15. The summed E-state index contributed by atoms with van der Waals surface area (Å²) >= 11 is 3.16. The maximum absolute atomic E-state index is 12.9. The van der Waals surface area contributed by atoms with Gasteiger partial charge in [-0.05, 0) is 40.5 Å². The van der Waals surface area contributed by atoms with E-state index in [1.165, 1.54) is 18.2 Å². The van der Waals surface area contributed by atoms with Gasteiger partial charge in [0.25, 0.3) is 5.91 Å². The maximum Gasteiger partial charge on any atom is 0.252 e. The van der Waals surface area contributed by atoms with Gasteiger partial charge in [-0.3, -0.25) is 4.79 Å². The number of carbonyl (C=O) groups is 1. The van der Waals surface area contributed by atoms with Gasteiger partial charge < -0.3 is 10.4 Å². The standard InChI is InChI=1S/C10H11BrFNO2/c11-9-3-2-7(12)6-8(9)10(15)13-4-1-5-14/h2-3,6,14H,1,4-5H2,(H,13,15). The number of aliphatic hydroxyl groups excluding tert-OH is 1. The third kappa shape index (κ3) is 3.60. The molecule has 15 heavy (non-hydrogen) atoms. The molecule has 2 N–H and O–H groups in total. The molecular weight excluding hydrogens is 265 g/mol. The number of carbonyl (C=O) groups excluding carboxylic acids is 1. The van der Waals surface area contributed by atoms with Gasteiger partial charge in [-0.1, -0.05) is 0 Å². The van der Waals surface area contributed by atoms with Gasteiger partial charge in [0.15, 0.2) is 0 Å². The number of halogens is 2. The predicted octanol–water partition coefficient (Wildman–Crippen LogP) is 1.70. The van der Waals surface area contributed by atoms with Gasteiger partial charge in [-0.2, -0.15) is 0 Å². The summed E-state index contributed by atoms with van der Waals surface area (Å²) in [6, 6.07) is 3.92. The Kier molecular flexibility index (Phi) is 4.71. The lowest BCUT2D eigenvalue weighted by Crippen LogP contribution is -2.25. The zero-order valence-corrected chi connectivity index (χ0v) is 9.55. The van der Waals surface area contributed by atoms with Crippen molar-refractivity contribution >= 4 is 21.8 Å². The number of hydrogen-bond acceptors (Lipinski definition) is 2. The Morgan fingerprint density at radius 2 is 2.27 bits per heavy atom. The van der Waals surface area contributed by atoms with Crippen LogP contribution in [0.4, 0.5) is 4.39 Å². The number of nitrogens with one attached hydrogen (secondary N) is 1. The van der Waals surface area contributed by atoms with E-state index in [0.29, 0.717) is 17.4 Å². The number of hydrogen-bond donors (Lipinski definition) is 2. The van der Waals surface area contributed by atoms with Gasteiger partial charge in [-0.15, -0.1) is 0 Å². The lowest BCUT2D eigenvalue weighted by molar-refractivity contribution is 0.0950. The van der Waals surface area contributed by atoms with Crippen LogP contribution in [0.2, 0.25) is 0 Å². The summed E-state index contributed by atoms with van der Waals surface area (Å²) in [5.74, 6) is -0.805. The highest BCUT2D eigenvalue weighted by Gasteiger charge is 2.09. The minimum Gasteiger partial charge on any atom is -0.396 e. The predicted molar refractivity (Wildman–Crippen MR) is 58.1 cm³/mol. The van der Waals surface area contributed by atoms with Crippen LogP contribution in [0.3, 0.4) is 0 Å². The monoisotopic (exact) mass is 275 g/mol. The molecule has 0 fully saturated rings. The third-order valence-electron chi connectivity index (χ3n) is 1.79. The summed E-state index contributed by atoms with van der Waals surface area (Å²) in [6.07, 6.45) is 0.485. The van der Waals surface area contributed by atoms with E-state index in [4.69, 9.17) is 5.11 Å². The molecule has 1 rings (SSSR count). The molecule has 5 heteroatoms. The zero-order valence-electron chi connectivity index (χ0n) is 7.96. The molecule has 82 valence electrons. The van der Waals surface area contributed by atoms with E-state index in [0.717, 1.165) is 0 Å². The van der Waals surface area contributed by atoms with E-state index in [9.17, 15) is 9.18 Å². The van der Waals surface area contributed by atoms with Crippen LogP contribution in [-0.2, 0) is 0 Å². The molecule has 0 aliphatic heterocycles. The highest BCUT2D eigenvalue weighted by atomic mass is 79.9. The molecule has 0 aliphatic rings. The van der Waals surface area contributed by atoms with Gasteiger partial charge in [0, 0.05) is 17.6 Å². The molecule has 0 aromatic heterocycles. The summed E-state index contributed by atoms with van der Waals surface area (Å²) in [5.41, 5.74) is 0.257. The molecule has 0 saturated heterocycles. The van der Waals surface area contributed by atoms with Crippen LogP contribution >= 0.6 is 15.9 Å². The number of rotatable bonds is 4. The Morgan fingerprint density at radius 1 is 1.53 bits per heavy atom. The van der Waals surface area contributed by atoms with Gasteiger partial charge in [0.2, 0.25) is 0 Å². The molecule has 0 radical (unpaired) electrons. The molecule has 0 aliphatic carbocycles. The SMILES string of the molecule is O=C(NCCCO)c1cc(F)ccc1Br. The lowest BCUT2D eigenvalue weighted by Gasteiger charge is -2.05. The summed E-state index contributed by atoms with van der Waals surface area (Å²) in [4.78, 5) is 11.5. The van der Waals surface area contributed by atoms with Crippen molar-refractivity contribution in [3.63, 3.8) is 0 Å². The van der Waals surface area contributed by atoms with E-state index in [1.54, 1.807) is 0 Å². The Morgan fingerprint density at radius 3 is 2.93 bits per heavy atom. The first kappa shape index (κ1) is 12.1. The molecule has 0 saturated carbocycles. The smallest absolute Gasteiger partial charge is 0.252 e. The van der Waals surface area contributed by atoms with Gasteiger partial charge in [0.05, 0.1) is 5.56 Å². The van der Waals surface area contributed by atoms with Crippen LogP contribution in [0.1, 0.15) is 16.8 Å². The number of aliphatic hydroxyl groups is 1. The summed E-state index contributed by atoms with van der Waals surface area (Å²) in [5, 5.41) is 11.1. The molecule has 0 atom stereocenters. The van der Waals surface area contributed by atoms with Crippen molar-refractivity contribution in [3.8, 4) is 0 Å². The van der Waals surface area contributed by atoms with E-state index < -0.39 is 5.82 Å². The van der Waals surface area contributed by atoms with Gasteiger partial charge >= 0.3 is 0 Å². The minimum atomic E-state index is -0.453. The molecule has 0 bridgehead atoms. The van der Waals surface area contributed by atoms with Gasteiger partial charge in [-0.25, -0.2) is 4.39 Å². The van der Waals surface area contributed by atoms with Crippen molar-refractivity contribution in [3.05, 3.63) is 34.1 Å². The van der Waals surface area contributed by atoms with Crippen LogP contribution in [0.15, 0.2) is 22.7 Å². The first-order valence-corrected chi connectivity index (χ1v) is 5.28. The second-order valence-corrected chi connectivity index (χ2v) is 3.81. The molecule has 0 heterocycles. The normalized spacial score (nSPS) is 10.1. The molecular formula is C10H11BrFNO2. The Balaban J connectivity index is 2.68. The van der Waals surface area contributed by atoms with E-state index in [-0.39, 0.29) is 18.1 Å². The largest absolute Gasteiger partial charge is 0.396 e. The van der Waals surface area contributed by atoms with Crippen molar-refractivity contribution in [2.75, 3.05) is 13.2 Å². The summed E-state index contributed by atoms with van der Waals surface area (Å²) < 4.78 is 13.4. The average molecular weight is 276 g/mol. The van der Waals surface area contributed by atoms with Gasteiger partial charge in [0.1, 0.15) is 5.82 Å². The quantitative estimate of drug-likeness (QED) is 0.822. The average Bonchev–Trinajstić information content (AvgIpc) is 2.22. The minimum absolute atomic E-state index is 0.0185. The Labute approximate surface area is 95.4 Å². The molecule has 0 spiro atoms. The van der Waals surface area contributed by atoms with Crippen LogP contribution < -0.4 is 5.32 Å². The molecule has 0 unspecified atom stereocenters. The fraction of sp³-hybridized carbons (Fsp3) is 0.300. The summed E-state index contributed by atoms with van der Waals surface area (Å²) in [7, 11) is 0. The third-order valence-corrected chi connectivity index (χ3v) is 2.48. The van der Waals surface area contributed by atoms with Crippen molar-refractivity contribution in [1.82, 2.24) is 5.32 Å². The maximum atomic E-state index is 12.9. The lowest BCUT2D eigenvalue weighted by atomic mass is 10.2.